The normalized spacial score (nSPS) is 11.7. The maximum absolute atomic E-state index is 8.77. The summed E-state index contributed by atoms with van der Waals surface area (Å²) in [6.07, 6.45) is 0. The highest BCUT2D eigenvalue weighted by Crippen LogP contribution is 2.34. The topological polar surface area (TPSA) is 75.4 Å². The number of furan rings is 1. The lowest BCUT2D eigenvalue weighted by atomic mass is 9.99. The molecule has 6 aromatic rings. The van der Waals surface area contributed by atoms with Gasteiger partial charge in [-0.15, -0.1) is 0 Å². The van der Waals surface area contributed by atoms with E-state index in [2.05, 4.69) is 35.3 Å². The lowest BCUT2D eigenvalue weighted by Gasteiger charge is -2.09. The van der Waals surface area contributed by atoms with E-state index >= 15 is 0 Å². The van der Waals surface area contributed by atoms with E-state index in [1.807, 2.05) is 91.0 Å². The Kier molecular flexibility index (Phi) is 5.39. The van der Waals surface area contributed by atoms with E-state index in [0.717, 1.165) is 55.3 Å². The number of amidine groups is 2. The first-order valence-electron chi connectivity index (χ1n) is 11.8. The summed E-state index contributed by atoms with van der Waals surface area (Å²) in [6.45, 7) is 0. The lowest BCUT2D eigenvalue weighted by molar-refractivity contribution is 0.669. The molecule has 0 atom stereocenters. The molecule has 0 saturated heterocycles. The van der Waals surface area contributed by atoms with Crippen molar-refractivity contribution in [2.45, 2.75) is 0 Å². The van der Waals surface area contributed by atoms with E-state index in [4.69, 9.17) is 15.6 Å². The molecular formula is C32H23N3O. The Morgan fingerprint density at radius 2 is 1.28 bits per heavy atom. The zero-order chi connectivity index (χ0) is 24.5. The highest BCUT2D eigenvalue weighted by molar-refractivity contribution is 6.21. The van der Waals surface area contributed by atoms with Gasteiger partial charge < -0.3 is 10.2 Å². The number of hydrogen-bond acceptors (Lipinski definition) is 2. The zero-order valence-corrected chi connectivity index (χ0v) is 19.5. The van der Waals surface area contributed by atoms with Gasteiger partial charge in [0.05, 0.1) is 0 Å². The number of aliphatic imine (C=N–C) groups is 1. The van der Waals surface area contributed by atoms with Crippen LogP contribution in [0.5, 0.6) is 0 Å². The molecule has 172 valence electrons. The van der Waals surface area contributed by atoms with Gasteiger partial charge in [-0.2, -0.15) is 0 Å². The van der Waals surface area contributed by atoms with Gasteiger partial charge in [-0.1, -0.05) is 103 Å². The van der Waals surface area contributed by atoms with E-state index in [1.165, 1.54) is 0 Å². The Balaban J connectivity index is 1.43. The van der Waals surface area contributed by atoms with Gasteiger partial charge >= 0.3 is 0 Å². The maximum Gasteiger partial charge on any atom is 0.154 e. The average Bonchev–Trinajstić information content (AvgIpc) is 3.32. The predicted molar refractivity (Wildman–Crippen MR) is 149 cm³/mol. The molecule has 5 aromatic carbocycles. The van der Waals surface area contributed by atoms with E-state index in [9.17, 15) is 0 Å². The Hall–Kier alpha value is -4.96. The van der Waals surface area contributed by atoms with E-state index in [-0.39, 0.29) is 11.7 Å². The second-order valence-corrected chi connectivity index (χ2v) is 8.61. The molecule has 0 bridgehead atoms. The molecule has 6 rings (SSSR count). The first-order chi connectivity index (χ1) is 17.7. The van der Waals surface area contributed by atoms with Gasteiger partial charge in [0, 0.05) is 21.9 Å². The maximum atomic E-state index is 8.77. The van der Waals surface area contributed by atoms with Crippen molar-refractivity contribution >= 4 is 33.6 Å². The van der Waals surface area contributed by atoms with Gasteiger partial charge in [-0.3, -0.25) is 5.41 Å². The fourth-order valence-electron chi connectivity index (χ4n) is 4.65. The van der Waals surface area contributed by atoms with Crippen LogP contribution in [0.3, 0.4) is 0 Å². The van der Waals surface area contributed by atoms with Crippen LogP contribution >= 0.6 is 0 Å². The molecule has 0 unspecified atom stereocenters. The predicted octanol–water partition coefficient (Wildman–Crippen LogP) is 7.65. The summed E-state index contributed by atoms with van der Waals surface area (Å²) in [5.41, 5.74) is 13.7. The molecule has 1 heterocycles. The van der Waals surface area contributed by atoms with E-state index < -0.39 is 0 Å². The minimum atomic E-state index is 0.114. The van der Waals surface area contributed by atoms with Crippen LogP contribution in [-0.2, 0) is 0 Å². The van der Waals surface area contributed by atoms with Crippen LogP contribution in [-0.4, -0.2) is 11.7 Å². The molecule has 3 N–H and O–H groups in total. The van der Waals surface area contributed by atoms with Crippen molar-refractivity contribution < 1.29 is 4.42 Å². The zero-order valence-electron chi connectivity index (χ0n) is 19.5. The van der Waals surface area contributed by atoms with Crippen LogP contribution in [0.15, 0.2) is 131 Å². The van der Waals surface area contributed by atoms with Gasteiger partial charge in [0.15, 0.2) is 5.84 Å². The number of nitrogens with one attached hydrogen (secondary N) is 1. The molecule has 4 heteroatoms. The van der Waals surface area contributed by atoms with Crippen molar-refractivity contribution in [3.8, 4) is 22.3 Å². The standard InChI is InChI=1S/C32H23N3O/c33-31(25-15-8-7-14-24(25)22-12-5-2-6-13-22)35-32(34)27-16-9-17-28-30(27)26-19-18-23(20-29(26)36-28)21-10-3-1-4-11-21/h1-20H,(H3,33,34,35). The van der Waals surface area contributed by atoms with Gasteiger partial charge in [0.25, 0.3) is 0 Å². The van der Waals surface area contributed by atoms with Crippen LogP contribution in [0.25, 0.3) is 44.2 Å². The molecule has 0 radical (unpaired) electrons. The third kappa shape index (κ3) is 3.85. The molecule has 4 nitrogen and oxygen atoms in total. The smallest absolute Gasteiger partial charge is 0.154 e. The van der Waals surface area contributed by atoms with Crippen molar-refractivity contribution in [1.82, 2.24) is 0 Å². The van der Waals surface area contributed by atoms with Crippen LogP contribution in [0.2, 0.25) is 0 Å². The van der Waals surface area contributed by atoms with Crippen molar-refractivity contribution in [3.05, 3.63) is 132 Å². The molecule has 0 fully saturated rings. The fraction of sp³-hybridized carbons (Fsp3) is 0. The quantitative estimate of drug-likeness (QED) is 0.207. The summed E-state index contributed by atoms with van der Waals surface area (Å²) < 4.78 is 6.21. The SMILES string of the molecule is N=C(/N=C(\N)c1cccc2oc3cc(-c4ccccc4)ccc3c12)c1ccccc1-c1ccccc1. The Morgan fingerprint density at radius 1 is 0.611 bits per heavy atom. The summed E-state index contributed by atoms with van der Waals surface area (Å²) in [6, 6.07) is 40.0. The second-order valence-electron chi connectivity index (χ2n) is 8.61. The average molecular weight is 466 g/mol. The summed E-state index contributed by atoms with van der Waals surface area (Å²) >= 11 is 0. The number of rotatable bonds is 4. The number of nitrogens with zero attached hydrogens (tertiary/aromatic N) is 1. The highest BCUT2D eigenvalue weighted by Gasteiger charge is 2.16. The molecular weight excluding hydrogens is 442 g/mol. The molecule has 0 aliphatic heterocycles. The minimum Gasteiger partial charge on any atom is -0.456 e. The second kappa shape index (κ2) is 9.01. The Morgan fingerprint density at radius 3 is 2.06 bits per heavy atom. The number of fused-ring (bicyclic) bond motifs is 3. The lowest BCUT2D eigenvalue weighted by Crippen LogP contribution is -2.16. The first-order valence-corrected chi connectivity index (χ1v) is 11.8. The number of benzene rings is 5. The van der Waals surface area contributed by atoms with Gasteiger partial charge in [-0.05, 0) is 40.5 Å². The highest BCUT2D eigenvalue weighted by atomic mass is 16.3. The molecule has 1 aromatic heterocycles. The molecule has 0 spiro atoms. The molecule has 36 heavy (non-hydrogen) atoms. The van der Waals surface area contributed by atoms with Crippen LogP contribution in [0, 0.1) is 5.41 Å². The summed E-state index contributed by atoms with van der Waals surface area (Å²) in [5, 5.41) is 10.6. The summed E-state index contributed by atoms with van der Waals surface area (Å²) in [5.74, 6) is 0.395. The van der Waals surface area contributed by atoms with Crippen molar-refractivity contribution in [2.75, 3.05) is 0 Å². The summed E-state index contributed by atoms with van der Waals surface area (Å²) in [7, 11) is 0. The largest absolute Gasteiger partial charge is 0.456 e. The fourth-order valence-corrected chi connectivity index (χ4v) is 4.65. The minimum absolute atomic E-state index is 0.114. The third-order valence-corrected chi connectivity index (χ3v) is 6.38. The number of nitrogens with two attached hydrogens (primary N) is 1. The Bertz CT molecular complexity index is 1750. The molecule has 0 aliphatic rings. The van der Waals surface area contributed by atoms with Gasteiger partial charge in [0.2, 0.25) is 0 Å². The van der Waals surface area contributed by atoms with Gasteiger partial charge in [-0.25, -0.2) is 4.99 Å². The first kappa shape index (κ1) is 21.6. The monoisotopic (exact) mass is 465 g/mol. The Labute approximate surface area is 208 Å². The summed E-state index contributed by atoms with van der Waals surface area (Å²) in [4.78, 5) is 4.54. The van der Waals surface area contributed by atoms with Crippen LogP contribution in [0.4, 0.5) is 0 Å². The van der Waals surface area contributed by atoms with Crippen molar-refractivity contribution in [1.29, 1.82) is 5.41 Å². The molecule has 0 aliphatic carbocycles. The third-order valence-electron chi connectivity index (χ3n) is 6.38. The van der Waals surface area contributed by atoms with Crippen molar-refractivity contribution in [3.63, 3.8) is 0 Å². The van der Waals surface area contributed by atoms with E-state index in [0.29, 0.717) is 0 Å². The van der Waals surface area contributed by atoms with Crippen LogP contribution < -0.4 is 5.73 Å². The number of hydrogen-bond donors (Lipinski definition) is 2. The van der Waals surface area contributed by atoms with Gasteiger partial charge in [0.1, 0.15) is 17.0 Å². The molecule has 0 amide bonds. The van der Waals surface area contributed by atoms with Crippen LogP contribution in [0.1, 0.15) is 11.1 Å². The van der Waals surface area contributed by atoms with Crippen molar-refractivity contribution in [2.24, 2.45) is 10.7 Å². The van der Waals surface area contributed by atoms with E-state index in [1.54, 1.807) is 0 Å². The molecule has 0 saturated carbocycles.